The Balaban J connectivity index is 2.31. The average molecular weight is 256 g/mol. The summed E-state index contributed by atoms with van der Waals surface area (Å²) in [5.74, 6) is 1.78. The minimum atomic E-state index is 0.739. The van der Waals surface area contributed by atoms with Crippen molar-refractivity contribution >= 4 is 0 Å². The molecule has 1 aromatic heterocycles. The van der Waals surface area contributed by atoms with Gasteiger partial charge in [0.25, 0.3) is 0 Å². The number of aryl methyl sites for hydroxylation is 2. The van der Waals surface area contributed by atoms with Gasteiger partial charge in [0, 0.05) is 18.8 Å². The summed E-state index contributed by atoms with van der Waals surface area (Å²) in [6, 6.07) is 8.07. The number of benzene rings is 1. The number of pyridine rings is 1. The fraction of sp³-hybridized carbons (Fsp3) is 0.312. The zero-order chi connectivity index (χ0) is 13.8. The number of aromatic nitrogens is 1. The molecule has 0 spiro atoms. The molecule has 0 saturated heterocycles. The number of nitrogens with zero attached hydrogens (tertiary/aromatic N) is 1. The predicted octanol–water partition coefficient (Wildman–Crippen LogP) is 3.52. The molecular formula is C16H20N2O. The van der Waals surface area contributed by atoms with Crippen molar-refractivity contribution in [1.29, 1.82) is 0 Å². The van der Waals surface area contributed by atoms with Crippen LogP contribution in [0.25, 0.3) is 0 Å². The standard InChI is InChI=1S/C16H20N2O/c1-11-5-6-12(2)16(13(11)3)19-15-7-8-18-14(9-15)10-17-4/h5-9,17H,10H2,1-4H3. The van der Waals surface area contributed by atoms with Crippen molar-refractivity contribution in [2.45, 2.75) is 27.3 Å². The maximum absolute atomic E-state index is 6.04. The minimum absolute atomic E-state index is 0.739. The summed E-state index contributed by atoms with van der Waals surface area (Å²) in [4.78, 5) is 4.29. The number of rotatable bonds is 4. The maximum Gasteiger partial charge on any atom is 0.133 e. The lowest BCUT2D eigenvalue weighted by atomic mass is 10.1. The van der Waals surface area contributed by atoms with Crippen molar-refractivity contribution in [2.24, 2.45) is 0 Å². The van der Waals surface area contributed by atoms with Gasteiger partial charge in [-0.3, -0.25) is 4.98 Å². The van der Waals surface area contributed by atoms with Gasteiger partial charge in [-0.15, -0.1) is 0 Å². The Morgan fingerprint density at radius 3 is 2.58 bits per heavy atom. The SMILES string of the molecule is CNCc1cc(Oc2c(C)ccc(C)c2C)ccn1. The lowest BCUT2D eigenvalue weighted by Gasteiger charge is -2.14. The van der Waals surface area contributed by atoms with Crippen LogP contribution in [0.4, 0.5) is 0 Å². The first-order valence-corrected chi connectivity index (χ1v) is 6.46. The third-order valence-electron chi connectivity index (χ3n) is 3.24. The van der Waals surface area contributed by atoms with Crippen molar-refractivity contribution in [3.63, 3.8) is 0 Å². The van der Waals surface area contributed by atoms with Crippen LogP contribution < -0.4 is 10.1 Å². The van der Waals surface area contributed by atoms with Crippen molar-refractivity contribution in [3.8, 4) is 11.5 Å². The van der Waals surface area contributed by atoms with E-state index >= 15 is 0 Å². The molecule has 0 atom stereocenters. The first-order chi connectivity index (χ1) is 9.11. The molecule has 0 saturated carbocycles. The van der Waals surface area contributed by atoms with Crippen LogP contribution in [0.3, 0.4) is 0 Å². The smallest absolute Gasteiger partial charge is 0.133 e. The third kappa shape index (κ3) is 3.12. The Hall–Kier alpha value is -1.87. The lowest BCUT2D eigenvalue weighted by Crippen LogP contribution is -2.06. The Kier molecular flexibility index (Phi) is 4.17. The molecule has 1 aromatic carbocycles. The Bertz CT molecular complexity index is 579. The molecule has 2 rings (SSSR count). The molecule has 3 nitrogen and oxygen atoms in total. The van der Waals surface area contributed by atoms with E-state index in [1.165, 1.54) is 11.1 Å². The summed E-state index contributed by atoms with van der Waals surface area (Å²) in [5.41, 5.74) is 4.55. The quantitative estimate of drug-likeness (QED) is 0.908. The van der Waals surface area contributed by atoms with Crippen LogP contribution in [0.5, 0.6) is 11.5 Å². The summed E-state index contributed by atoms with van der Waals surface area (Å²) in [7, 11) is 1.91. The number of hydrogen-bond donors (Lipinski definition) is 1. The molecule has 0 amide bonds. The van der Waals surface area contributed by atoms with E-state index in [1.807, 2.05) is 19.2 Å². The van der Waals surface area contributed by atoms with E-state index in [0.717, 1.165) is 29.3 Å². The maximum atomic E-state index is 6.04. The van der Waals surface area contributed by atoms with Gasteiger partial charge >= 0.3 is 0 Å². The van der Waals surface area contributed by atoms with E-state index in [2.05, 4.69) is 43.2 Å². The molecular weight excluding hydrogens is 236 g/mol. The van der Waals surface area contributed by atoms with Crippen molar-refractivity contribution in [3.05, 3.63) is 52.8 Å². The molecule has 2 aromatic rings. The molecule has 0 bridgehead atoms. The van der Waals surface area contributed by atoms with Crippen molar-refractivity contribution < 1.29 is 4.74 Å². The van der Waals surface area contributed by atoms with E-state index in [0.29, 0.717) is 0 Å². The van der Waals surface area contributed by atoms with Gasteiger partial charge in [-0.2, -0.15) is 0 Å². The highest BCUT2D eigenvalue weighted by atomic mass is 16.5. The molecule has 3 heteroatoms. The molecule has 100 valence electrons. The van der Waals surface area contributed by atoms with Crippen LogP contribution in [-0.2, 0) is 6.54 Å². The second-order valence-electron chi connectivity index (χ2n) is 4.77. The van der Waals surface area contributed by atoms with Gasteiger partial charge in [0.2, 0.25) is 0 Å². The van der Waals surface area contributed by atoms with Gasteiger partial charge in [0.1, 0.15) is 11.5 Å². The minimum Gasteiger partial charge on any atom is -0.457 e. The topological polar surface area (TPSA) is 34.1 Å². The Morgan fingerprint density at radius 2 is 1.84 bits per heavy atom. The van der Waals surface area contributed by atoms with Gasteiger partial charge in [0.05, 0.1) is 5.69 Å². The van der Waals surface area contributed by atoms with Gasteiger partial charge in [-0.1, -0.05) is 12.1 Å². The van der Waals surface area contributed by atoms with Crippen LogP contribution in [0.15, 0.2) is 30.5 Å². The van der Waals surface area contributed by atoms with Crippen LogP contribution in [0, 0.1) is 20.8 Å². The Morgan fingerprint density at radius 1 is 1.11 bits per heavy atom. The molecule has 1 N–H and O–H groups in total. The first kappa shape index (κ1) is 13.6. The van der Waals surface area contributed by atoms with Gasteiger partial charge < -0.3 is 10.1 Å². The van der Waals surface area contributed by atoms with E-state index in [4.69, 9.17) is 4.74 Å². The summed E-state index contributed by atoms with van der Waals surface area (Å²) in [6.07, 6.45) is 1.78. The highest BCUT2D eigenvalue weighted by molar-refractivity contribution is 5.46. The molecule has 0 radical (unpaired) electrons. The van der Waals surface area contributed by atoms with Gasteiger partial charge in [-0.25, -0.2) is 0 Å². The van der Waals surface area contributed by atoms with Crippen LogP contribution in [-0.4, -0.2) is 12.0 Å². The fourth-order valence-electron chi connectivity index (χ4n) is 2.00. The highest BCUT2D eigenvalue weighted by Crippen LogP contribution is 2.30. The largest absolute Gasteiger partial charge is 0.457 e. The van der Waals surface area contributed by atoms with Crippen LogP contribution in [0.2, 0.25) is 0 Å². The average Bonchev–Trinajstić information content (AvgIpc) is 2.40. The molecule has 0 unspecified atom stereocenters. The monoisotopic (exact) mass is 256 g/mol. The molecule has 0 aliphatic rings. The van der Waals surface area contributed by atoms with Crippen molar-refractivity contribution in [2.75, 3.05) is 7.05 Å². The summed E-state index contributed by atoms with van der Waals surface area (Å²) in [6.45, 7) is 6.99. The van der Waals surface area contributed by atoms with E-state index in [-0.39, 0.29) is 0 Å². The first-order valence-electron chi connectivity index (χ1n) is 6.46. The normalized spacial score (nSPS) is 10.5. The third-order valence-corrected chi connectivity index (χ3v) is 3.24. The zero-order valence-corrected chi connectivity index (χ0v) is 11.9. The molecule has 0 aliphatic carbocycles. The number of hydrogen-bond acceptors (Lipinski definition) is 3. The second-order valence-corrected chi connectivity index (χ2v) is 4.77. The highest BCUT2D eigenvalue weighted by Gasteiger charge is 2.08. The number of nitrogens with one attached hydrogen (secondary N) is 1. The van der Waals surface area contributed by atoms with Crippen LogP contribution in [0.1, 0.15) is 22.4 Å². The van der Waals surface area contributed by atoms with Gasteiger partial charge in [0.15, 0.2) is 0 Å². The summed E-state index contributed by atoms with van der Waals surface area (Å²) < 4.78 is 6.04. The molecule has 0 aliphatic heterocycles. The van der Waals surface area contributed by atoms with E-state index in [9.17, 15) is 0 Å². The van der Waals surface area contributed by atoms with E-state index < -0.39 is 0 Å². The Labute approximate surface area is 114 Å². The fourth-order valence-corrected chi connectivity index (χ4v) is 2.00. The summed E-state index contributed by atoms with van der Waals surface area (Å²) in [5, 5.41) is 3.09. The second kappa shape index (κ2) is 5.85. The predicted molar refractivity (Wildman–Crippen MR) is 77.7 cm³/mol. The molecule has 19 heavy (non-hydrogen) atoms. The summed E-state index contributed by atoms with van der Waals surface area (Å²) >= 11 is 0. The van der Waals surface area contributed by atoms with Gasteiger partial charge in [-0.05, 0) is 50.6 Å². The molecule has 1 heterocycles. The lowest BCUT2D eigenvalue weighted by molar-refractivity contribution is 0.472. The molecule has 0 fully saturated rings. The zero-order valence-electron chi connectivity index (χ0n) is 11.9. The number of ether oxygens (including phenoxy) is 1. The van der Waals surface area contributed by atoms with E-state index in [1.54, 1.807) is 6.20 Å². The van der Waals surface area contributed by atoms with Crippen LogP contribution >= 0.6 is 0 Å². The van der Waals surface area contributed by atoms with Crippen molar-refractivity contribution in [1.82, 2.24) is 10.3 Å².